The molecule has 2 rings (SSSR count). The molecule has 5 nitrogen and oxygen atoms in total. The smallest absolute Gasteiger partial charge is 0.145 e. The van der Waals surface area contributed by atoms with Gasteiger partial charge in [-0.2, -0.15) is 5.10 Å². The molecule has 0 atom stereocenters. The van der Waals surface area contributed by atoms with Crippen LogP contribution in [0.5, 0.6) is 5.75 Å². The van der Waals surface area contributed by atoms with Crippen LogP contribution in [0.3, 0.4) is 0 Å². The normalized spacial score (nSPS) is 11.6. The minimum absolute atomic E-state index is 0.156. The van der Waals surface area contributed by atoms with E-state index in [1.807, 2.05) is 30.3 Å². The highest BCUT2D eigenvalue weighted by atomic mass is 16.5. The molecule has 5 heteroatoms. The third-order valence-electron chi connectivity index (χ3n) is 3.22. The van der Waals surface area contributed by atoms with Crippen molar-refractivity contribution in [1.29, 1.82) is 0 Å². The van der Waals surface area contributed by atoms with Crippen molar-refractivity contribution in [2.45, 2.75) is 25.9 Å². The number of ether oxygens (including phenoxy) is 2. The van der Waals surface area contributed by atoms with Crippen LogP contribution in [0.2, 0.25) is 0 Å². The second-order valence-electron chi connectivity index (χ2n) is 5.43. The van der Waals surface area contributed by atoms with Crippen molar-refractivity contribution in [2.75, 3.05) is 19.5 Å². The Bertz CT molecular complexity index is 547. The number of H-pyrrole nitrogens is 1. The van der Waals surface area contributed by atoms with Gasteiger partial charge in [0.05, 0.1) is 20.3 Å². The van der Waals surface area contributed by atoms with E-state index in [1.54, 1.807) is 7.11 Å². The van der Waals surface area contributed by atoms with E-state index in [-0.39, 0.29) is 5.41 Å². The van der Waals surface area contributed by atoms with Gasteiger partial charge in [-0.1, -0.05) is 26.0 Å². The maximum absolute atomic E-state index is 5.79. The molecule has 2 aromatic rings. The number of benzene rings is 1. The van der Waals surface area contributed by atoms with Gasteiger partial charge in [-0.05, 0) is 17.7 Å². The molecule has 0 fully saturated rings. The first kappa shape index (κ1) is 14.4. The predicted octanol–water partition coefficient (Wildman–Crippen LogP) is 2.49. The Morgan fingerprint density at radius 2 is 1.95 bits per heavy atom. The molecule has 3 N–H and O–H groups in total. The average Bonchev–Trinajstić information content (AvgIpc) is 2.87. The van der Waals surface area contributed by atoms with E-state index >= 15 is 0 Å². The predicted molar refractivity (Wildman–Crippen MR) is 78.7 cm³/mol. The quantitative estimate of drug-likeness (QED) is 0.849. The van der Waals surface area contributed by atoms with E-state index in [2.05, 4.69) is 24.0 Å². The van der Waals surface area contributed by atoms with Gasteiger partial charge in [0.2, 0.25) is 0 Å². The minimum Gasteiger partial charge on any atom is -0.497 e. The summed E-state index contributed by atoms with van der Waals surface area (Å²) in [5.74, 6) is 1.35. The number of hydrogen-bond donors (Lipinski definition) is 2. The summed E-state index contributed by atoms with van der Waals surface area (Å²) < 4.78 is 10.9. The van der Waals surface area contributed by atoms with Crippen LogP contribution in [0.25, 0.3) is 0 Å². The van der Waals surface area contributed by atoms with Gasteiger partial charge in [0.1, 0.15) is 11.6 Å². The van der Waals surface area contributed by atoms with Gasteiger partial charge in [0.25, 0.3) is 0 Å². The Labute approximate surface area is 119 Å². The number of rotatable bonds is 6. The Morgan fingerprint density at radius 3 is 2.50 bits per heavy atom. The number of anilines is 1. The number of nitrogens with one attached hydrogen (secondary N) is 1. The van der Waals surface area contributed by atoms with Gasteiger partial charge >= 0.3 is 0 Å². The Morgan fingerprint density at radius 1 is 1.25 bits per heavy atom. The highest BCUT2D eigenvalue weighted by Crippen LogP contribution is 2.23. The number of nitrogen functional groups attached to an aromatic ring is 1. The number of methoxy groups -OCH3 is 1. The van der Waals surface area contributed by atoms with Gasteiger partial charge in [0, 0.05) is 17.2 Å². The lowest BCUT2D eigenvalue weighted by Crippen LogP contribution is -2.24. The second kappa shape index (κ2) is 5.96. The van der Waals surface area contributed by atoms with Crippen molar-refractivity contribution in [3.8, 4) is 5.75 Å². The summed E-state index contributed by atoms with van der Waals surface area (Å²) in [5.41, 5.74) is 7.56. The summed E-state index contributed by atoms with van der Waals surface area (Å²) in [6.07, 6.45) is 0. The highest BCUT2D eigenvalue weighted by Gasteiger charge is 2.23. The highest BCUT2D eigenvalue weighted by molar-refractivity contribution is 5.32. The molecule has 1 heterocycles. The molecule has 0 aliphatic rings. The van der Waals surface area contributed by atoms with E-state index in [9.17, 15) is 0 Å². The molecule has 0 saturated carbocycles. The topological polar surface area (TPSA) is 73.2 Å². The molecule has 0 unspecified atom stereocenters. The lowest BCUT2D eigenvalue weighted by atomic mass is 9.90. The summed E-state index contributed by atoms with van der Waals surface area (Å²) in [6.45, 7) is 5.33. The zero-order chi connectivity index (χ0) is 14.6. The van der Waals surface area contributed by atoms with Crippen molar-refractivity contribution >= 4 is 5.82 Å². The maximum atomic E-state index is 5.79. The molecule has 1 aromatic carbocycles. The largest absolute Gasteiger partial charge is 0.497 e. The molecule has 0 aliphatic carbocycles. The SMILES string of the molecule is COc1ccc(COCC(C)(C)c2cc(N)n[nH]2)cc1. The minimum atomic E-state index is -0.156. The fraction of sp³-hybridized carbons (Fsp3) is 0.400. The van der Waals surface area contributed by atoms with E-state index in [1.165, 1.54) is 0 Å². The summed E-state index contributed by atoms with van der Waals surface area (Å²) in [4.78, 5) is 0. The summed E-state index contributed by atoms with van der Waals surface area (Å²) in [6, 6.07) is 9.70. The molecule has 1 aromatic heterocycles. The molecule has 0 spiro atoms. The average molecular weight is 275 g/mol. The fourth-order valence-corrected chi connectivity index (χ4v) is 1.91. The first-order chi connectivity index (χ1) is 9.51. The number of nitrogens with zero attached hydrogens (tertiary/aromatic N) is 1. The third kappa shape index (κ3) is 3.51. The van der Waals surface area contributed by atoms with E-state index in [0.29, 0.717) is 19.0 Å². The van der Waals surface area contributed by atoms with Crippen LogP contribution >= 0.6 is 0 Å². The monoisotopic (exact) mass is 275 g/mol. The van der Waals surface area contributed by atoms with E-state index in [0.717, 1.165) is 17.0 Å². The van der Waals surface area contributed by atoms with Crippen LogP contribution in [-0.4, -0.2) is 23.9 Å². The molecule has 0 bridgehead atoms. The molecule has 0 aliphatic heterocycles. The van der Waals surface area contributed by atoms with Gasteiger partial charge in [-0.25, -0.2) is 0 Å². The van der Waals surface area contributed by atoms with Gasteiger partial charge in [-0.3, -0.25) is 5.10 Å². The molecule has 0 saturated heterocycles. The van der Waals surface area contributed by atoms with Crippen LogP contribution < -0.4 is 10.5 Å². The molecule has 108 valence electrons. The lowest BCUT2D eigenvalue weighted by molar-refractivity contribution is 0.0811. The Balaban J connectivity index is 1.88. The Kier molecular flexibility index (Phi) is 4.29. The van der Waals surface area contributed by atoms with Gasteiger partial charge in [0.15, 0.2) is 0 Å². The zero-order valence-electron chi connectivity index (χ0n) is 12.1. The molecular formula is C15H21N3O2. The van der Waals surface area contributed by atoms with Crippen molar-refractivity contribution in [1.82, 2.24) is 10.2 Å². The molecule has 0 radical (unpaired) electrons. The number of aromatic nitrogens is 2. The summed E-state index contributed by atoms with van der Waals surface area (Å²) in [5, 5.41) is 6.89. The first-order valence-corrected chi connectivity index (χ1v) is 6.53. The van der Waals surface area contributed by atoms with Crippen LogP contribution in [0.1, 0.15) is 25.1 Å². The lowest BCUT2D eigenvalue weighted by Gasteiger charge is -2.22. The zero-order valence-corrected chi connectivity index (χ0v) is 12.1. The number of hydrogen-bond acceptors (Lipinski definition) is 4. The molecule has 0 amide bonds. The van der Waals surface area contributed by atoms with Gasteiger partial charge in [-0.15, -0.1) is 0 Å². The van der Waals surface area contributed by atoms with E-state index in [4.69, 9.17) is 15.2 Å². The summed E-state index contributed by atoms with van der Waals surface area (Å²) >= 11 is 0. The fourth-order valence-electron chi connectivity index (χ4n) is 1.91. The number of aromatic amines is 1. The van der Waals surface area contributed by atoms with Gasteiger partial charge < -0.3 is 15.2 Å². The molecule has 20 heavy (non-hydrogen) atoms. The van der Waals surface area contributed by atoms with Crippen LogP contribution in [-0.2, 0) is 16.8 Å². The summed E-state index contributed by atoms with van der Waals surface area (Å²) in [7, 11) is 1.66. The Hall–Kier alpha value is -2.01. The third-order valence-corrected chi connectivity index (χ3v) is 3.22. The van der Waals surface area contributed by atoms with Crippen LogP contribution in [0.4, 0.5) is 5.82 Å². The molecular weight excluding hydrogens is 254 g/mol. The van der Waals surface area contributed by atoms with Crippen molar-refractivity contribution in [3.05, 3.63) is 41.6 Å². The van der Waals surface area contributed by atoms with Crippen LogP contribution in [0.15, 0.2) is 30.3 Å². The maximum Gasteiger partial charge on any atom is 0.145 e. The second-order valence-corrected chi connectivity index (χ2v) is 5.43. The first-order valence-electron chi connectivity index (χ1n) is 6.53. The number of nitrogens with two attached hydrogens (primary N) is 1. The van der Waals surface area contributed by atoms with Crippen molar-refractivity contribution in [2.24, 2.45) is 0 Å². The van der Waals surface area contributed by atoms with Crippen LogP contribution in [0, 0.1) is 0 Å². The standard InChI is InChI=1S/C15H21N3O2/c1-15(2,13-8-14(16)18-17-13)10-20-9-11-4-6-12(19-3)7-5-11/h4-8H,9-10H2,1-3H3,(H3,16,17,18). The van der Waals surface area contributed by atoms with E-state index < -0.39 is 0 Å². The van der Waals surface area contributed by atoms with Crippen molar-refractivity contribution < 1.29 is 9.47 Å². The van der Waals surface area contributed by atoms with Crippen molar-refractivity contribution in [3.63, 3.8) is 0 Å².